The second-order valence-corrected chi connectivity index (χ2v) is 6.20. The zero-order valence-electron chi connectivity index (χ0n) is 14.4. The number of rotatable bonds is 3. The Kier molecular flexibility index (Phi) is 4.24. The smallest absolute Gasteiger partial charge is 0.362 e. The molecule has 1 aromatic carbocycles. The molecule has 9 nitrogen and oxygen atoms in total. The van der Waals surface area contributed by atoms with Gasteiger partial charge in [0.1, 0.15) is 11.5 Å². The normalized spacial score (nSPS) is 15.2. The van der Waals surface area contributed by atoms with Crippen molar-refractivity contribution in [1.29, 1.82) is 0 Å². The number of nitrogens with zero attached hydrogens (tertiary/aromatic N) is 7. The van der Waals surface area contributed by atoms with Crippen molar-refractivity contribution in [3.05, 3.63) is 52.3 Å². The molecule has 0 spiro atoms. The van der Waals surface area contributed by atoms with E-state index in [9.17, 15) is 23.3 Å². The van der Waals surface area contributed by atoms with E-state index >= 15 is 0 Å². The molecule has 1 saturated heterocycles. The molecule has 12 heteroatoms. The van der Waals surface area contributed by atoms with E-state index in [4.69, 9.17) is 0 Å². The Morgan fingerprint density at radius 2 is 1.64 bits per heavy atom. The quantitative estimate of drug-likeness (QED) is 0.498. The third kappa shape index (κ3) is 3.17. The molecule has 1 fully saturated rings. The van der Waals surface area contributed by atoms with E-state index in [2.05, 4.69) is 15.3 Å². The van der Waals surface area contributed by atoms with Crippen molar-refractivity contribution in [3.8, 4) is 0 Å². The van der Waals surface area contributed by atoms with Gasteiger partial charge in [-0.05, 0) is 18.2 Å². The minimum Gasteiger partial charge on any atom is -0.362 e. The fourth-order valence-electron chi connectivity index (χ4n) is 3.19. The molecule has 146 valence electrons. The van der Waals surface area contributed by atoms with Gasteiger partial charge in [0.05, 0.1) is 4.92 Å². The molecule has 0 radical (unpaired) electrons. The van der Waals surface area contributed by atoms with Gasteiger partial charge in [-0.2, -0.15) is 17.7 Å². The van der Waals surface area contributed by atoms with Crippen LogP contribution in [0.4, 0.5) is 30.4 Å². The number of para-hydroxylation sites is 2. The number of hydrogen-bond donors (Lipinski definition) is 0. The maximum absolute atomic E-state index is 13.0. The minimum atomic E-state index is -4.66. The van der Waals surface area contributed by atoms with E-state index in [0.29, 0.717) is 42.2 Å². The monoisotopic (exact) mass is 393 g/mol. The fourth-order valence-corrected chi connectivity index (χ4v) is 3.19. The molecule has 0 atom stereocenters. The Balaban J connectivity index is 1.55. The van der Waals surface area contributed by atoms with Crippen LogP contribution in [0.5, 0.6) is 0 Å². The van der Waals surface area contributed by atoms with Gasteiger partial charge in [-0.15, -0.1) is 15.3 Å². The van der Waals surface area contributed by atoms with Crippen LogP contribution >= 0.6 is 0 Å². The average Bonchev–Trinajstić information content (AvgIpc) is 3.12. The summed E-state index contributed by atoms with van der Waals surface area (Å²) < 4.78 is 39.8. The summed E-state index contributed by atoms with van der Waals surface area (Å²) in [5.41, 5.74) is 0.554. The Hall–Kier alpha value is -3.44. The summed E-state index contributed by atoms with van der Waals surface area (Å²) in [6.45, 7) is 1.85. The standard InChI is InChI=1S/C16H14F3N7O2/c17-16(18,19)15-21-20-13-5-6-14(22-25(13)15)24-9-7-23(8-10-24)11-3-1-2-4-12(11)26(27)28/h1-6H,7-10H2. The molecule has 0 aliphatic carbocycles. The van der Waals surface area contributed by atoms with E-state index in [-0.39, 0.29) is 11.3 Å². The third-order valence-corrected chi connectivity index (χ3v) is 4.53. The van der Waals surface area contributed by atoms with E-state index in [0.717, 1.165) is 0 Å². The number of nitro groups is 1. The molecule has 1 aliphatic rings. The number of nitro benzene ring substituents is 1. The van der Waals surface area contributed by atoms with Crippen molar-refractivity contribution in [2.45, 2.75) is 6.18 Å². The highest BCUT2D eigenvalue weighted by atomic mass is 19.4. The van der Waals surface area contributed by atoms with Gasteiger partial charge in [0.25, 0.3) is 11.5 Å². The second-order valence-electron chi connectivity index (χ2n) is 6.20. The van der Waals surface area contributed by atoms with Gasteiger partial charge in [0.15, 0.2) is 5.65 Å². The van der Waals surface area contributed by atoms with Crippen LogP contribution in [0.3, 0.4) is 0 Å². The van der Waals surface area contributed by atoms with Gasteiger partial charge in [0, 0.05) is 32.2 Å². The zero-order valence-corrected chi connectivity index (χ0v) is 14.4. The molecular weight excluding hydrogens is 379 g/mol. The first-order valence-corrected chi connectivity index (χ1v) is 8.37. The minimum absolute atomic E-state index is 0.00891. The Labute approximate surface area is 156 Å². The van der Waals surface area contributed by atoms with Gasteiger partial charge in [-0.3, -0.25) is 10.1 Å². The summed E-state index contributed by atoms with van der Waals surface area (Å²) in [6, 6.07) is 9.49. The van der Waals surface area contributed by atoms with Gasteiger partial charge < -0.3 is 9.80 Å². The predicted octanol–water partition coefficient (Wildman–Crippen LogP) is 2.38. The molecule has 1 aliphatic heterocycles. The van der Waals surface area contributed by atoms with E-state index in [1.54, 1.807) is 24.3 Å². The Bertz CT molecular complexity index is 1030. The van der Waals surface area contributed by atoms with Gasteiger partial charge in [-0.1, -0.05) is 12.1 Å². The molecule has 0 bridgehead atoms. The number of piperazine rings is 1. The van der Waals surface area contributed by atoms with Crippen LogP contribution in [0.15, 0.2) is 36.4 Å². The highest BCUT2D eigenvalue weighted by molar-refractivity contribution is 5.64. The van der Waals surface area contributed by atoms with Crippen LogP contribution in [0.25, 0.3) is 5.65 Å². The number of halogens is 3. The largest absolute Gasteiger partial charge is 0.453 e. The number of hydrogen-bond acceptors (Lipinski definition) is 7. The van der Waals surface area contributed by atoms with Crippen LogP contribution in [-0.4, -0.2) is 50.9 Å². The maximum Gasteiger partial charge on any atom is 0.453 e. The molecule has 0 N–H and O–H groups in total. The molecule has 3 heterocycles. The summed E-state index contributed by atoms with van der Waals surface area (Å²) in [5, 5.41) is 21.9. The van der Waals surface area contributed by atoms with Crippen molar-refractivity contribution in [2.24, 2.45) is 0 Å². The van der Waals surface area contributed by atoms with E-state index < -0.39 is 16.9 Å². The fraction of sp³-hybridized carbons (Fsp3) is 0.312. The van der Waals surface area contributed by atoms with Crippen LogP contribution in [0.2, 0.25) is 0 Å². The molecule has 0 saturated carbocycles. The van der Waals surface area contributed by atoms with Crippen LogP contribution in [-0.2, 0) is 6.18 Å². The number of benzene rings is 1. The molecule has 4 rings (SSSR count). The van der Waals surface area contributed by atoms with E-state index in [1.807, 2.05) is 9.80 Å². The molecule has 3 aromatic rings. The highest BCUT2D eigenvalue weighted by Gasteiger charge is 2.38. The topological polar surface area (TPSA) is 92.7 Å². The van der Waals surface area contributed by atoms with Crippen LogP contribution in [0.1, 0.15) is 5.82 Å². The number of anilines is 2. The summed E-state index contributed by atoms with van der Waals surface area (Å²) in [4.78, 5) is 14.5. The third-order valence-electron chi connectivity index (χ3n) is 4.53. The van der Waals surface area contributed by atoms with Crippen molar-refractivity contribution >= 4 is 22.8 Å². The lowest BCUT2D eigenvalue weighted by Gasteiger charge is -2.36. The SMILES string of the molecule is O=[N+]([O-])c1ccccc1N1CCN(c2ccc3nnc(C(F)(F)F)n3n2)CC1. The highest BCUT2D eigenvalue weighted by Crippen LogP contribution is 2.30. The zero-order chi connectivity index (χ0) is 19.9. The van der Waals surface area contributed by atoms with Gasteiger partial charge in [0.2, 0.25) is 0 Å². The number of alkyl halides is 3. The van der Waals surface area contributed by atoms with Crippen LogP contribution < -0.4 is 9.80 Å². The van der Waals surface area contributed by atoms with E-state index in [1.165, 1.54) is 12.1 Å². The van der Waals surface area contributed by atoms with Crippen molar-refractivity contribution in [2.75, 3.05) is 36.0 Å². The first-order chi connectivity index (χ1) is 13.3. The molecular formula is C16H14F3N7O2. The van der Waals surface area contributed by atoms with Crippen molar-refractivity contribution in [1.82, 2.24) is 19.8 Å². The van der Waals surface area contributed by atoms with Crippen LogP contribution in [0, 0.1) is 10.1 Å². The second kappa shape index (κ2) is 6.62. The summed E-state index contributed by atoms with van der Waals surface area (Å²) >= 11 is 0. The average molecular weight is 393 g/mol. The molecule has 0 amide bonds. The number of aromatic nitrogens is 4. The first-order valence-electron chi connectivity index (χ1n) is 8.37. The van der Waals surface area contributed by atoms with Gasteiger partial charge in [-0.25, -0.2) is 0 Å². The van der Waals surface area contributed by atoms with Gasteiger partial charge >= 0.3 is 6.18 Å². The maximum atomic E-state index is 13.0. The van der Waals surface area contributed by atoms with Crippen molar-refractivity contribution in [3.63, 3.8) is 0 Å². The molecule has 2 aromatic heterocycles. The lowest BCUT2D eigenvalue weighted by atomic mass is 10.2. The Morgan fingerprint density at radius 3 is 2.32 bits per heavy atom. The molecule has 0 unspecified atom stereocenters. The summed E-state index contributed by atoms with van der Waals surface area (Å²) in [6.07, 6.45) is -4.66. The van der Waals surface area contributed by atoms with Crippen molar-refractivity contribution < 1.29 is 18.1 Å². The lowest BCUT2D eigenvalue weighted by molar-refractivity contribution is -0.384. The molecule has 28 heavy (non-hydrogen) atoms. The summed E-state index contributed by atoms with van der Waals surface area (Å²) in [7, 11) is 0. The summed E-state index contributed by atoms with van der Waals surface area (Å²) in [5.74, 6) is -0.817. The predicted molar refractivity (Wildman–Crippen MR) is 93.3 cm³/mol. The number of fused-ring (bicyclic) bond motifs is 1. The first kappa shape index (κ1) is 17.9. The Morgan fingerprint density at radius 1 is 0.964 bits per heavy atom. The lowest BCUT2D eigenvalue weighted by Crippen LogP contribution is -2.47.